The number of quaternary nitrogens is 1. The van der Waals surface area contributed by atoms with Crippen LogP contribution in [0.5, 0.6) is 17.2 Å². The number of phenols is 1. The third-order valence-electron chi connectivity index (χ3n) is 5.01. The molecule has 1 atom stereocenters. The number of hydrogen-bond acceptors (Lipinski definition) is 4. The number of aromatic hydroxyl groups is 1. The minimum Gasteiger partial charge on any atom is -0.507 e. The zero-order chi connectivity index (χ0) is 18.4. The predicted octanol–water partition coefficient (Wildman–Crippen LogP) is 2.25. The molecule has 26 heavy (non-hydrogen) atoms. The van der Waals surface area contributed by atoms with Gasteiger partial charge in [-0.2, -0.15) is 0 Å². The summed E-state index contributed by atoms with van der Waals surface area (Å²) in [6, 6.07) is 13.8. The molecule has 0 unspecified atom stereocenters. The van der Waals surface area contributed by atoms with Crippen LogP contribution in [0.15, 0.2) is 47.5 Å². The second-order valence-electron chi connectivity index (χ2n) is 6.61. The molecule has 2 aromatic carbocycles. The van der Waals surface area contributed by atoms with E-state index in [1.807, 2.05) is 12.1 Å². The van der Waals surface area contributed by atoms with Crippen molar-refractivity contribution < 1.29 is 19.5 Å². The average molecular weight is 355 g/mol. The molecule has 1 aliphatic rings. The lowest BCUT2D eigenvalue weighted by atomic mass is 10.1. The monoisotopic (exact) mass is 355 g/mol. The van der Waals surface area contributed by atoms with Crippen molar-refractivity contribution in [2.45, 2.75) is 18.9 Å². The van der Waals surface area contributed by atoms with E-state index in [9.17, 15) is 5.11 Å². The number of nitrogens with zero attached hydrogens (tertiary/aromatic N) is 1. The first-order valence-corrected chi connectivity index (χ1v) is 9.06. The summed E-state index contributed by atoms with van der Waals surface area (Å²) in [5.74, 6) is 1.79. The van der Waals surface area contributed by atoms with Crippen LogP contribution in [0.3, 0.4) is 0 Å². The summed E-state index contributed by atoms with van der Waals surface area (Å²) < 4.78 is 10.5. The summed E-state index contributed by atoms with van der Waals surface area (Å²) in [5.41, 5.74) is 1.95. The third-order valence-corrected chi connectivity index (χ3v) is 5.01. The van der Waals surface area contributed by atoms with Crippen LogP contribution in [0.1, 0.15) is 30.0 Å². The lowest BCUT2D eigenvalue weighted by Crippen LogP contribution is -3.10. The van der Waals surface area contributed by atoms with Crippen LogP contribution in [-0.2, 0) is 0 Å². The highest BCUT2D eigenvalue weighted by atomic mass is 16.5. The number of benzene rings is 2. The van der Waals surface area contributed by atoms with Crippen LogP contribution in [0.4, 0.5) is 0 Å². The number of rotatable bonds is 7. The van der Waals surface area contributed by atoms with Gasteiger partial charge < -0.3 is 19.5 Å². The zero-order valence-electron chi connectivity index (χ0n) is 15.4. The second-order valence-corrected chi connectivity index (χ2v) is 6.61. The molecule has 0 saturated carbocycles. The summed E-state index contributed by atoms with van der Waals surface area (Å²) in [6.07, 6.45) is 4.27. The van der Waals surface area contributed by atoms with Crippen LogP contribution in [0.25, 0.3) is 0 Å². The Bertz CT molecular complexity index is 737. The predicted molar refractivity (Wildman–Crippen MR) is 103 cm³/mol. The largest absolute Gasteiger partial charge is 0.507 e. The summed E-state index contributed by atoms with van der Waals surface area (Å²) in [6.45, 7) is 3.03. The van der Waals surface area contributed by atoms with Gasteiger partial charge in [-0.1, -0.05) is 0 Å². The van der Waals surface area contributed by atoms with E-state index in [1.165, 1.54) is 31.5 Å². The molecule has 1 saturated heterocycles. The third kappa shape index (κ3) is 4.35. The molecule has 0 radical (unpaired) electrons. The topological polar surface area (TPSA) is 55.5 Å². The molecule has 5 nitrogen and oxygen atoms in total. The Morgan fingerprint density at radius 2 is 1.69 bits per heavy atom. The fourth-order valence-electron chi connectivity index (χ4n) is 3.50. The quantitative estimate of drug-likeness (QED) is 0.749. The maximum atomic E-state index is 10.0. The number of ether oxygens (including phenoxy) is 2. The van der Waals surface area contributed by atoms with E-state index in [0.29, 0.717) is 23.9 Å². The standard InChI is InChI=1S/C21H26N2O3/c1-25-18-7-5-16(6-8-18)20(23-11-3-4-12-23)15-22-14-17-13-19(26-2)9-10-21(17)24/h5-10,13-14,20,24H,3-4,11-12,15H2,1-2H3/p+1/t20-/m1/s1. The maximum absolute atomic E-state index is 10.0. The van der Waals surface area contributed by atoms with E-state index in [1.54, 1.807) is 43.5 Å². The average Bonchev–Trinajstić information content (AvgIpc) is 3.21. The van der Waals surface area contributed by atoms with Gasteiger partial charge in [0.05, 0.1) is 33.9 Å². The lowest BCUT2D eigenvalue weighted by Gasteiger charge is -2.23. The maximum Gasteiger partial charge on any atom is 0.133 e. The van der Waals surface area contributed by atoms with Crippen LogP contribution in [0.2, 0.25) is 0 Å². The minimum atomic E-state index is 0.212. The van der Waals surface area contributed by atoms with Crippen LogP contribution in [0, 0.1) is 0 Å². The van der Waals surface area contributed by atoms with Gasteiger partial charge in [-0.15, -0.1) is 0 Å². The Kier molecular flexibility index (Phi) is 6.12. The summed E-state index contributed by atoms with van der Waals surface area (Å²) in [4.78, 5) is 6.22. The van der Waals surface area contributed by atoms with Gasteiger partial charge in [0.1, 0.15) is 23.3 Å². The molecule has 0 aromatic heterocycles. The smallest absolute Gasteiger partial charge is 0.133 e. The van der Waals surface area contributed by atoms with Gasteiger partial charge in [0, 0.05) is 30.2 Å². The fraction of sp³-hybridized carbons (Fsp3) is 0.381. The molecule has 2 N–H and O–H groups in total. The van der Waals surface area contributed by atoms with Gasteiger partial charge in [0.15, 0.2) is 0 Å². The molecule has 2 aromatic rings. The molecule has 1 heterocycles. The van der Waals surface area contributed by atoms with Crippen molar-refractivity contribution in [1.29, 1.82) is 0 Å². The Morgan fingerprint density at radius 3 is 2.35 bits per heavy atom. The summed E-state index contributed by atoms with van der Waals surface area (Å²) in [5, 5.41) is 10.0. The highest BCUT2D eigenvalue weighted by Crippen LogP contribution is 2.22. The van der Waals surface area contributed by atoms with E-state index >= 15 is 0 Å². The second kappa shape index (κ2) is 8.72. The molecule has 3 rings (SSSR count). The van der Waals surface area contributed by atoms with Gasteiger partial charge >= 0.3 is 0 Å². The first-order chi connectivity index (χ1) is 12.7. The van der Waals surface area contributed by atoms with Gasteiger partial charge in [0.2, 0.25) is 0 Å². The van der Waals surface area contributed by atoms with Crippen molar-refractivity contribution >= 4 is 6.21 Å². The van der Waals surface area contributed by atoms with E-state index in [0.717, 1.165) is 5.75 Å². The van der Waals surface area contributed by atoms with E-state index in [-0.39, 0.29) is 5.75 Å². The molecule has 1 aliphatic heterocycles. The molecular formula is C21H27N2O3+. The number of hydrogen-bond donors (Lipinski definition) is 2. The summed E-state index contributed by atoms with van der Waals surface area (Å²) >= 11 is 0. The number of phenolic OH excluding ortho intramolecular Hbond substituents is 1. The normalized spacial score (nSPS) is 16.1. The number of methoxy groups -OCH3 is 2. The van der Waals surface area contributed by atoms with Gasteiger partial charge in [-0.3, -0.25) is 4.99 Å². The van der Waals surface area contributed by atoms with E-state index in [4.69, 9.17) is 9.47 Å². The fourth-order valence-corrected chi connectivity index (χ4v) is 3.50. The molecule has 1 fully saturated rings. The number of nitrogens with one attached hydrogen (secondary N) is 1. The Labute approximate surface area is 154 Å². The van der Waals surface area contributed by atoms with Crippen molar-refractivity contribution in [1.82, 2.24) is 0 Å². The van der Waals surface area contributed by atoms with Gasteiger partial charge in [0.25, 0.3) is 0 Å². The van der Waals surface area contributed by atoms with Crippen molar-refractivity contribution in [3.63, 3.8) is 0 Å². The van der Waals surface area contributed by atoms with Crippen LogP contribution < -0.4 is 14.4 Å². The van der Waals surface area contributed by atoms with Crippen molar-refractivity contribution in [2.75, 3.05) is 33.9 Å². The molecular weight excluding hydrogens is 328 g/mol. The molecule has 0 aliphatic carbocycles. The Balaban J connectivity index is 1.77. The van der Waals surface area contributed by atoms with E-state index in [2.05, 4.69) is 17.1 Å². The lowest BCUT2D eigenvalue weighted by molar-refractivity contribution is -0.918. The van der Waals surface area contributed by atoms with Crippen molar-refractivity contribution in [3.05, 3.63) is 53.6 Å². The zero-order valence-corrected chi connectivity index (χ0v) is 15.4. The highest BCUT2D eigenvalue weighted by Gasteiger charge is 2.27. The minimum absolute atomic E-state index is 0.212. The number of aliphatic imine (C=N–C) groups is 1. The molecule has 0 amide bonds. The highest BCUT2D eigenvalue weighted by molar-refractivity contribution is 5.84. The molecule has 5 heteroatoms. The Hall–Kier alpha value is -2.53. The van der Waals surface area contributed by atoms with Crippen molar-refractivity contribution in [3.8, 4) is 17.2 Å². The Morgan fingerprint density at radius 1 is 1.04 bits per heavy atom. The summed E-state index contributed by atoms with van der Waals surface area (Å²) in [7, 11) is 3.30. The first kappa shape index (κ1) is 18.3. The van der Waals surface area contributed by atoms with Gasteiger partial charge in [-0.05, 0) is 42.5 Å². The number of likely N-dealkylation sites (tertiary alicyclic amines) is 1. The molecule has 0 spiro atoms. The molecule has 138 valence electrons. The SMILES string of the molecule is COc1ccc([C@@H](CN=Cc2cc(OC)ccc2O)[NH+]2CCCC2)cc1. The van der Waals surface area contributed by atoms with Crippen LogP contribution >= 0.6 is 0 Å². The van der Waals surface area contributed by atoms with Gasteiger partial charge in [-0.25, -0.2) is 0 Å². The van der Waals surface area contributed by atoms with E-state index < -0.39 is 0 Å². The van der Waals surface area contributed by atoms with Crippen molar-refractivity contribution in [2.24, 2.45) is 4.99 Å². The first-order valence-electron chi connectivity index (χ1n) is 9.06. The van der Waals surface area contributed by atoms with Crippen LogP contribution in [-0.4, -0.2) is 45.2 Å². The molecule has 0 bridgehead atoms.